The third-order valence-electron chi connectivity index (χ3n) is 2.58. The molecule has 1 saturated carbocycles. The molecule has 1 heterocycles. The molecule has 0 amide bonds. The van der Waals surface area contributed by atoms with Crippen molar-refractivity contribution in [3.05, 3.63) is 23.2 Å². The first kappa shape index (κ1) is 8.91. The lowest BCUT2D eigenvalue weighted by molar-refractivity contribution is -0.0846. The fourth-order valence-electron chi connectivity index (χ4n) is 1.57. The lowest BCUT2D eigenvalue weighted by Crippen LogP contribution is -2.37. The molecule has 70 valence electrons. The van der Waals surface area contributed by atoms with Gasteiger partial charge >= 0.3 is 0 Å². The van der Waals surface area contributed by atoms with E-state index in [0.717, 1.165) is 12.8 Å². The Hall–Kier alpha value is -0.670. The van der Waals surface area contributed by atoms with Gasteiger partial charge in [0, 0.05) is 13.3 Å². The zero-order valence-electron chi connectivity index (χ0n) is 7.46. The summed E-state index contributed by atoms with van der Waals surface area (Å²) < 4.78 is 5.43. The maximum atomic E-state index is 5.78. The smallest absolute Gasteiger partial charge is 0.161 e. The summed E-state index contributed by atoms with van der Waals surface area (Å²) in [6.07, 6.45) is 4.82. The summed E-state index contributed by atoms with van der Waals surface area (Å²) in [6.45, 7) is 0. The normalized spacial score (nSPS) is 19.5. The van der Waals surface area contributed by atoms with Gasteiger partial charge in [-0.25, -0.2) is 9.97 Å². The Morgan fingerprint density at radius 2 is 2.31 bits per heavy atom. The van der Waals surface area contributed by atoms with Crippen molar-refractivity contribution in [2.45, 2.75) is 24.9 Å². The van der Waals surface area contributed by atoms with Crippen LogP contribution in [0.15, 0.2) is 12.3 Å². The Bertz CT molecular complexity index is 307. The van der Waals surface area contributed by atoms with Gasteiger partial charge in [-0.3, -0.25) is 0 Å². The molecule has 0 aromatic carbocycles. The summed E-state index contributed by atoms with van der Waals surface area (Å²) in [7, 11) is 1.70. The maximum Gasteiger partial charge on any atom is 0.161 e. The fraction of sp³-hybridized carbons (Fsp3) is 0.556. The van der Waals surface area contributed by atoms with Crippen LogP contribution in [0.1, 0.15) is 25.1 Å². The molecule has 1 aliphatic rings. The summed E-state index contributed by atoms with van der Waals surface area (Å²) >= 11 is 5.78. The minimum atomic E-state index is -0.259. The molecule has 3 nitrogen and oxygen atoms in total. The van der Waals surface area contributed by atoms with Crippen LogP contribution in [0.5, 0.6) is 0 Å². The van der Waals surface area contributed by atoms with Crippen molar-refractivity contribution < 1.29 is 4.74 Å². The molecule has 1 aliphatic carbocycles. The van der Waals surface area contributed by atoms with Gasteiger partial charge in [-0.2, -0.15) is 0 Å². The van der Waals surface area contributed by atoms with Crippen LogP contribution >= 0.6 is 11.6 Å². The topological polar surface area (TPSA) is 35.0 Å². The number of nitrogens with zero attached hydrogens (tertiary/aromatic N) is 2. The van der Waals surface area contributed by atoms with Crippen molar-refractivity contribution in [1.82, 2.24) is 9.97 Å². The van der Waals surface area contributed by atoms with Crippen LogP contribution in [-0.4, -0.2) is 17.1 Å². The van der Waals surface area contributed by atoms with Crippen LogP contribution in [-0.2, 0) is 10.3 Å². The van der Waals surface area contributed by atoms with E-state index in [4.69, 9.17) is 16.3 Å². The van der Waals surface area contributed by atoms with Crippen molar-refractivity contribution in [3.8, 4) is 0 Å². The van der Waals surface area contributed by atoms with E-state index in [-0.39, 0.29) is 5.60 Å². The number of aromatic nitrogens is 2. The molecule has 0 aliphatic heterocycles. The number of ether oxygens (including phenoxy) is 1. The fourth-order valence-corrected chi connectivity index (χ4v) is 1.71. The van der Waals surface area contributed by atoms with Crippen molar-refractivity contribution >= 4 is 11.6 Å². The highest BCUT2D eigenvalue weighted by Gasteiger charge is 2.41. The molecule has 0 bridgehead atoms. The second kappa shape index (κ2) is 3.24. The van der Waals surface area contributed by atoms with E-state index in [1.54, 1.807) is 19.4 Å². The molecule has 0 N–H and O–H groups in total. The van der Waals surface area contributed by atoms with Crippen molar-refractivity contribution in [2.24, 2.45) is 0 Å². The van der Waals surface area contributed by atoms with E-state index in [9.17, 15) is 0 Å². The molecule has 0 spiro atoms. The van der Waals surface area contributed by atoms with Crippen molar-refractivity contribution in [3.63, 3.8) is 0 Å². The second-order valence-corrected chi connectivity index (χ2v) is 3.64. The highest BCUT2D eigenvalue weighted by molar-refractivity contribution is 6.29. The Morgan fingerprint density at radius 1 is 1.54 bits per heavy atom. The molecule has 0 atom stereocenters. The van der Waals surface area contributed by atoms with E-state index in [1.807, 2.05) is 0 Å². The van der Waals surface area contributed by atoms with Crippen LogP contribution in [0.3, 0.4) is 0 Å². The molecule has 1 aromatic heterocycles. The number of halogens is 1. The van der Waals surface area contributed by atoms with Crippen LogP contribution in [0.4, 0.5) is 0 Å². The van der Waals surface area contributed by atoms with Gasteiger partial charge in [0.05, 0.1) is 0 Å². The average molecular weight is 199 g/mol. The van der Waals surface area contributed by atoms with Gasteiger partial charge in [0.25, 0.3) is 0 Å². The van der Waals surface area contributed by atoms with E-state index in [1.165, 1.54) is 6.42 Å². The second-order valence-electron chi connectivity index (χ2n) is 3.25. The first-order valence-electron chi connectivity index (χ1n) is 4.31. The summed E-state index contributed by atoms with van der Waals surface area (Å²) in [5.41, 5.74) is -0.259. The summed E-state index contributed by atoms with van der Waals surface area (Å²) in [5, 5.41) is 0.480. The molecular formula is C9H11ClN2O. The van der Waals surface area contributed by atoms with Gasteiger partial charge in [0.15, 0.2) is 5.82 Å². The molecule has 0 saturated heterocycles. The standard InChI is InChI=1S/C9H11ClN2O/c1-13-9(4-2-5-9)8-11-6-3-7(10)12-8/h3,6H,2,4-5H2,1H3. The predicted molar refractivity (Wildman–Crippen MR) is 49.6 cm³/mol. The van der Waals surface area contributed by atoms with Gasteiger partial charge < -0.3 is 4.74 Å². The molecule has 0 unspecified atom stereocenters. The van der Waals surface area contributed by atoms with Gasteiger partial charge in [0.1, 0.15) is 10.8 Å². The molecule has 2 rings (SSSR count). The summed E-state index contributed by atoms with van der Waals surface area (Å²) in [5.74, 6) is 0.716. The lowest BCUT2D eigenvalue weighted by atomic mass is 9.79. The number of methoxy groups -OCH3 is 1. The first-order chi connectivity index (χ1) is 6.27. The van der Waals surface area contributed by atoms with Crippen LogP contribution in [0.2, 0.25) is 5.15 Å². The van der Waals surface area contributed by atoms with Crippen LogP contribution in [0.25, 0.3) is 0 Å². The van der Waals surface area contributed by atoms with Gasteiger partial charge in [0.2, 0.25) is 0 Å². The minimum Gasteiger partial charge on any atom is -0.370 e. The minimum absolute atomic E-state index is 0.259. The lowest BCUT2D eigenvalue weighted by Gasteiger charge is -2.38. The summed E-state index contributed by atoms with van der Waals surface area (Å²) in [4.78, 5) is 8.35. The van der Waals surface area contributed by atoms with E-state index >= 15 is 0 Å². The van der Waals surface area contributed by atoms with Gasteiger partial charge in [-0.15, -0.1) is 0 Å². The Balaban J connectivity index is 2.33. The third-order valence-corrected chi connectivity index (χ3v) is 2.79. The van der Waals surface area contributed by atoms with Gasteiger partial charge in [-0.05, 0) is 25.3 Å². The molecule has 1 fully saturated rings. The molecule has 1 aromatic rings. The van der Waals surface area contributed by atoms with E-state index < -0.39 is 0 Å². The highest BCUT2D eigenvalue weighted by Crippen LogP contribution is 2.42. The molecule has 0 radical (unpaired) electrons. The van der Waals surface area contributed by atoms with E-state index in [0.29, 0.717) is 11.0 Å². The first-order valence-corrected chi connectivity index (χ1v) is 4.69. The maximum absolute atomic E-state index is 5.78. The highest BCUT2D eigenvalue weighted by atomic mass is 35.5. The monoisotopic (exact) mass is 198 g/mol. The number of rotatable bonds is 2. The predicted octanol–water partition coefficient (Wildman–Crippen LogP) is 2.16. The SMILES string of the molecule is COC1(c2nccc(Cl)n2)CCC1. The van der Waals surface area contributed by atoms with Crippen molar-refractivity contribution in [1.29, 1.82) is 0 Å². The van der Waals surface area contributed by atoms with Crippen LogP contribution < -0.4 is 0 Å². The Labute approximate surface area is 82.1 Å². The quantitative estimate of drug-likeness (QED) is 0.684. The Kier molecular flexibility index (Phi) is 2.22. The largest absolute Gasteiger partial charge is 0.370 e. The molecule has 13 heavy (non-hydrogen) atoms. The molecule has 4 heteroatoms. The van der Waals surface area contributed by atoms with E-state index in [2.05, 4.69) is 9.97 Å². The number of hydrogen-bond acceptors (Lipinski definition) is 3. The summed E-state index contributed by atoms with van der Waals surface area (Å²) in [6, 6.07) is 1.67. The third kappa shape index (κ3) is 1.42. The van der Waals surface area contributed by atoms with Gasteiger partial charge in [-0.1, -0.05) is 11.6 Å². The zero-order valence-corrected chi connectivity index (χ0v) is 8.21. The molecular weight excluding hydrogens is 188 g/mol. The van der Waals surface area contributed by atoms with Crippen LogP contribution in [0, 0.1) is 0 Å². The average Bonchev–Trinajstić information content (AvgIpc) is 2.03. The zero-order chi connectivity index (χ0) is 9.31. The van der Waals surface area contributed by atoms with Crippen molar-refractivity contribution in [2.75, 3.05) is 7.11 Å². The Morgan fingerprint density at radius 3 is 2.77 bits per heavy atom. The number of hydrogen-bond donors (Lipinski definition) is 0.